The smallest absolute Gasteiger partial charge is 0.0467 e. The van der Waals surface area contributed by atoms with Crippen LogP contribution in [0.15, 0.2) is 0 Å². The molecule has 0 nitrogen and oxygen atoms in total. The van der Waals surface area contributed by atoms with Gasteiger partial charge < -0.3 is 0 Å². The lowest BCUT2D eigenvalue weighted by molar-refractivity contribution is 0.195. The summed E-state index contributed by atoms with van der Waals surface area (Å²) in [5.74, 6) is 0.777. The number of rotatable bonds is 5. The molecule has 0 aliphatic rings. The van der Waals surface area contributed by atoms with Gasteiger partial charge in [0.15, 0.2) is 0 Å². The van der Waals surface area contributed by atoms with E-state index in [1.54, 1.807) is 0 Å². The lowest BCUT2D eigenvalue weighted by Gasteiger charge is -2.40. The fourth-order valence-corrected chi connectivity index (χ4v) is 1.78. The van der Waals surface area contributed by atoms with Gasteiger partial charge in [0.05, 0.1) is 0 Å². The van der Waals surface area contributed by atoms with Crippen LogP contribution in [0.4, 0.5) is 0 Å². The molecular formula is C12H25Cl. The zero-order chi connectivity index (χ0) is 10.7. The van der Waals surface area contributed by atoms with Gasteiger partial charge in [0, 0.05) is 4.87 Å². The van der Waals surface area contributed by atoms with Crippen LogP contribution in [-0.4, -0.2) is 4.87 Å². The fourth-order valence-electron chi connectivity index (χ4n) is 1.71. The van der Waals surface area contributed by atoms with Crippen LogP contribution in [0.5, 0.6) is 0 Å². The van der Waals surface area contributed by atoms with Crippen molar-refractivity contribution in [3.05, 3.63) is 0 Å². The summed E-state index contributed by atoms with van der Waals surface area (Å²) >= 11 is 6.51. The monoisotopic (exact) mass is 204 g/mol. The second kappa shape index (κ2) is 4.68. The second-order valence-corrected chi connectivity index (χ2v) is 5.99. The fraction of sp³-hybridized carbons (Fsp3) is 1.00. The summed E-state index contributed by atoms with van der Waals surface area (Å²) in [4.78, 5) is -0.0591. The van der Waals surface area contributed by atoms with E-state index in [1.807, 2.05) is 0 Å². The first-order valence-electron chi connectivity index (χ1n) is 5.45. The SMILES string of the molecule is CCC(C)CC(C)(C)C(C)(Cl)CC. The van der Waals surface area contributed by atoms with Gasteiger partial charge in [-0.3, -0.25) is 0 Å². The molecule has 0 aromatic heterocycles. The summed E-state index contributed by atoms with van der Waals surface area (Å²) in [7, 11) is 0. The number of hydrogen-bond donors (Lipinski definition) is 0. The molecule has 0 aromatic carbocycles. The summed E-state index contributed by atoms with van der Waals surface area (Å²) in [6, 6.07) is 0. The Morgan fingerprint density at radius 3 is 1.92 bits per heavy atom. The number of halogens is 1. The Kier molecular flexibility index (Phi) is 4.79. The zero-order valence-electron chi connectivity index (χ0n) is 10.1. The highest BCUT2D eigenvalue weighted by Crippen LogP contribution is 2.44. The van der Waals surface area contributed by atoms with E-state index < -0.39 is 0 Å². The summed E-state index contributed by atoms with van der Waals surface area (Å²) in [5, 5.41) is 0. The van der Waals surface area contributed by atoms with Crippen LogP contribution in [0.1, 0.15) is 60.8 Å². The highest BCUT2D eigenvalue weighted by molar-refractivity contribution is 6.24. The quantitative estimate of drug-likeness (QED) is 0.562. The van der Waals surface area contributed by atoms with E-state index in [0.29, 0.717) is 0 Å². The molecule has 80 valence electrons. The Hall–Kier alpha value is 0.290. The minimum atomic E-state index is -0.0591. The van der Waals surface area contributed by atoms with Gasteiger partial charge in [-0.2, -0.15) is 0 Å². The molecule has 0 aliphatic heterocycles. The summed E-state index contributed by atoms with van der Waals surface area (Å²) < 4.78 is 0. The standard InChI is InChI=1S/C12H25Cl/c1-7-10(3)9-11(4,5)12(6,13)8-2/h10H,7-9H2,1-6H3. The van der Waals surface area contributed by atoms with E-state index in [9.17, 15) is 0 Å². The molecule has 0 aliphatic carbocycles. The highest BCUT2D eigenvalue weighted by Gasteiger charge is 2.38. The van der Waals surface area contributed by atoms with E-state index in [4.69, 9.17) is 11.6 Å². The summed E-state index contributed by atoms with van der Waals surface area (Å²) in [6.07, 6.45) is 3.51. The van der Waals surface area contributed by atoms with Crippen LogP contribution in [0, 0.1) is 11.3 Å². The number of alkyl halides is 1. The molecule has 2 atom stereocenters. The second-order valence-electron chi connectivity index (χ2n) is 5.15. The number of hydrogen-bond acceptors (Lipinski definition) is 0. The Labute approximate surface area is 89.1 Å². The molecular weight excluding hydrogens is 180 g/mol. The predicted molar refractivity (Wildman–Crippen MR) is 62.4 cm³/mol. The van der Waals surface area contributed by atoms with Crippen molar-refractivity contribution >= 4 is 11.6 Å². The zero-order valence-corrected chi connectivity index (χ0v) is 10.8. The average Bonchev–Trinajstić information content (AvgIpc) is 2.03. The van der Waals surface area contributed by atoms with Crippen LogP contribution in [0.2, 0.25) is 0 Å². The molecule has 0 rings (SSSR count). The van der Waals surface area contributed by atoms with E-state index in [0.717, 1.165) is 12.3 Å². The van der Waals surface area contributed by atoms with Crippen LogP contribution in [0.3, 0.4) is 0 Å². The van der Waals surface area contributed by atoms with Crippen LogP contribution in [0.25, 0.3) is 0 Å². The Bertz CT molecular complexity index is 147. The van der Waals surface area contributed by atoms with Gasteiger partial charge in [0.25, 0.3) is 0 Å². The molecule has 0 radical (unpaired) electrons. The van der Waals surface area contributed by atoms with Crippen molar-refractivity contribution in [1.29, 1.82) is 0 Å². The van der Waals surface area contributed by atoms with Gasteiger partial charge in [-0.15, -0.1) is 11.6 Å². The van der Waals surface area contributed by atoms with Crippen LogP contribution >= 0.6 is 11.6 Å². The molecule has 0 heterocycles. The van der Waals surface area contributed by atoms with E-state index in [1.165, 1.54) is 12.8 Å². The normalized spacial score (nSPS) is 19.6. The average molecular weight is 205 g/mol. The van der Waals surface area contributed by atoms with Gasteiger partial charge in [-0.1, -0.05) is 41.0 Å². The Morgan fingerprint density at radius 1 is 1.15 bits per heavy atom. The molecule has 2 unspecified atom stereocenters. The van der Waals surface area contributed by atoms with Crippen molar-refractivity contribution in [2.24, 2.45) is 11.3 Å². The van der Waals surface area contributed by atoms with Crippen LogP contribution < -0.4 is 0 Å². The lowest BCUT2D eigenvalue weighted by Crippen LogP contribution is -2.37. The van der Waals surface area contributed by atoms with E-state index in [2.05, 4.69) is 41.5 Å². The molecule has 0 saturated carbocycles. The van der Waals surface area contributed by atoms with E-state index in [-0.39, 0.29) is 10.3 Å². The molecule has 0 saturated heterocycles. The van der Waals surface area contributed by atoms with E-state index >= 15 is 0 Å². The third-order valence-electron chi connectivity index (χ3n) is 3.63. The van der Waals surface area contributed by atoms with Gasteiger partial charge in [0.1, 0.15) is 0 Å². The maximum atomic E-state index is 6.51. The maximum Gasteiger partial charge on any atom is 0.0467 e. The van der Waals surface area contributed by atoms with Crippen molar-refractivity contribution in [2.45, 2.75) is 65.7 Å². The van der Waals surface area contributed by atoms with Crippen molar-refractivity contribution in [3.63, 3.8) is 0 Å². The minimum absolute atomic E-state index is 0.0591. The third kappa shape index (κ3) is 3.50. The molecule has 0 aromatic rings. The molecule has 0 bridgehead atoms. The molecule has 0 fully saturated rings. The molecule has 0 N–H and O–H groups in total. The first-order chi connectivity index (χ1) is 5.77. The van der Waals surface area contributed by atoms with Gasteiger partial charge in [-0.05, 0) is 31.1 Å². The van der Waals surface area contributed by atoms with Gasteiger partial charge in [0.2, 0.25) is 0 Å². The Morgan fingerprint density at radius 2 is 1.62 bits per heavy atom. The van der Waals surface area contributed by atoms with Crippen molar-refractivity contribution in [2.75, 3.05) is 0 Å². The molecule has 1 heteroatoms. The van der Waals surface area contributed by atoms with Gasteiger partial charge >= 0.3 is 0 Å². The summed E-state index contributed by atoms with van der Waals surface area (Å²) in [5.41, 5.74) is 0.235. The molecule has 0 spiro atoms. The highest BCUT2D eigenvalue weighted by atomic mass is 35.5. The predicted octanol–water partition coefficient (Wildman–Crippen LogP) is 4.86. The van der Waals surface area contributed by atoms with Crippen LogP contribution in [-0.2, 0) is 0 Å². The minimum Gasteiger partial charge on any atom is -0.119 e. The van der Waals surface area contributed by atoms with Crippen molar-refractivity contribution < 1.29 is 0 Å². The third-order valence-corrected chi connectivity index (χ3v) is 4.41. The van der Waals surface area contributed by atoms with Crippen molar-refractivity contribution in [3.8, 4) is 0 Å². The first-order valence-corrected chi connectivity index (χ1v) is 5.83. The molecule has 0 amide bonds. The maximum absolute atomic E-state index is 6.51. The largest absolute Gasteiger partial charge is 0.119 e. The first kappa shape index (κ1) is 13.3. The Balaban J connectivity index is 4.38. The topological polar surface area (TPSA) is 0 Å². The van der Waals surface area contributed by atoms with Crippen molar-refractivity contribution in [1.82, 2.24) is 0 Å². The summed E-state index contributed by atoms with van der Waals surface area (Å²) in [6.45, 7) is 13.5. The van der Waals surface area contributed by atoms with Gasteiger partial charge in [-0.25, -0.2) is 0 Å². The lowest BCUT2D eigenvalue weighted by atomic mass is 9.72. The molecule has 13 heavy (non-hydrogen) atoms.